The smallest absolute Gasteiger partial charge is 0.241 e. The van der Waals surface area contributed by atoms with Gasteiger partial charge in [-0.25, -0.2) is 8.42 Å². The van der Waals surface area contributed by atoms with Gasteiger partial charge in [-0.3, -0.25) is 4.79 Å². The second kappa shape index (κ2) is 9.15. The third kappa shape index (κ3) is 5.29. The van der Waals surface area contributed by atoms with Gasteiger partial charge in [-0.1, -0.05) is 49.7 Å². The van der Waals surface area contributed by atoms with Crippen LogP contribution in [0.3, 0.4) is 0 Å². The number of anilines is 1. The van der Waals surface area contributed by atoms with E-state index in [2.05, 4.69) is 9.62 Å². The maximum atomic E-state index is 13.1. The molecule has 8 heteroatoms. The molecule has 0 bridgehead atoms. The van der Waals surface area contributed by atoms with Crippen molar-refractivity contribution < 1.29 is 13.2 Å². The molecule has 1 atom stereocenters. The molecule has 6 nitrogen and oxygen atoms in total. The summed E-state index contributed by atoms with van der Waals surface area (Å²) in [6.45, 7) is 6.09. The van der Waals surface area contributed by atoms with Crippen molar-refractivity contribution in [2.75, 3.05) is 31.1 Å². The first-order chi connectivity index (χ1) is 13.8. The number of carbonyl (C=O) groups excluding carboxylic acids is 1. The zero-order valence-corrected chi connectivity index (χ0v) is 18.2. The number of benzene rings is 2. The minimum atomic E-state index is -3.77. The van der Waals surface area contributed by atoms with Gasteiger partial charge >= 0.3 is 0 Å². The van der Waals surface area contributed by atoms with Crippen LogP contribution in [0.15, 0.2) is 59.5 Å². The maximum absolute atomic E-state index is 13.1. The van der Waals surface area contributed by atoms with E-state index in [4.69, 9.17) is 11.6 Å². The minimum Gasteiger partial charge on any atom is -0.368 e. The van der Waals surface area contributed by atoms with E-state index in [1.54, 1.807) is 23.1 Å². The van der Waals surface area contributed by atoms with Crippen molar-refractivity contribution in [3.63, 3.8) is 0 Å². The topological polar surface area (TPSA) is 69.7 Å². The molecule has 1 N–H and O–H groups in total. The van der Waals surface area contributed by atoms with E-state index >= 15 is 0 Å². The summed E-state index contributed by atoms with van der Waals surface area (Å²) in [5, 5.41) is 0.677. The average Bonchev–Trinajstić information content (AvgIpc) is 2.72. The Morgan fingerprint density at radius 2 is 1.66 bits per heavy atom. The summed E-state index contributed by atoms with van der Waals surface area (Å²) < 4.78 is 28.0. The predicted molar refractivity (Wildman–Crippen MR) is 116 cm³/mol. The summed E-state index contributed by atoms with van der Waals surface area (Å²) >= 11 is 6.08. The van der Waals surface area contributed by atoms with Crippen LogP contribution in [0.5, 0.6) is 0 Å². The van der Waals surface area contributed by atoms with Gasteiger partial charge in [-0.05, 0) is 36.2 Å². The zero-order chi connectivity index (χ0) is 21.0. The van der Waals surface area contributed by atoms with Crippen LogP contribution < -0.4 is 9.62 Å². The molecule has 2 aromatic rings. The summed E-state index contributed by atoms with van der Waals surface area (Å²) in [6, 6.07) is 15.0. The van der Waals surface area contributed by atoms with E-state index in [1.165, 1.54) is 12.1 Å². The maximum Gasteiger partial charge on any atom is 0.241 e. The van der Waals surface area contributed by atoms with Crippen LogP contribution in [0.1, 0.15) is 13.8 Å². The molecular formula is C21H26ClN3O3S. The van der Waals surface area contributed by atoms with Crippen molar-refractivity contribution in [1.29, 1.82) is 0 Å². The lowest BCUT2D eigenvalue weighted by atomic mass is 10.0. The SMILES string of the molecule is CC(C)[C@@H](NS(=O)(=O)c1ccccc1)C(=O)N1CCN(c2cccc(Cl)c2)CC1. The van der Waals surface area contributed by atoms with Crippen molar-refractivity contribution in [2.45, 2.75) is 24.8 Å². The number of piperazine rings is 1. The van der Waals surface area contributed by atoms with Gasteiger partial charge in [0.2, 0.25) is 15.9 Å². The molecule has 0 aliphatic carbocycles. The van der Waals surface area contributed by atoms with Crippen LogP contribution in [-0.4, -0.2) is 51.4 Å². The molecule has 0 aromatic heterocycles. The first kappa shape index (κ1) is 21.6. The van der Waals surface area contributed by atoms with E-state index < -0.39 is 16.1 Å². The van der Waals surface area contributed by atoms with Gasteiger partial charge in [-0.2, -0.15) is 4.72 Å². The quantitative estimate of drug-likeness (QED) is 0.757. The molecule has 2 aromatic carbocycles. The minimum absolute atomic E-state index is 0.157. The molecule has 0 radical (unpaired) electrons. The van der Waals surface area contributed by atoms with Gasteiger partial charge in [0.15, 0.2) is 0 Å². The third-order valence-corrected chi connectivity index (χ3v) is 6.73. The Morgan fingerprint density at radius 3 is 2.24 bits per heavy atom. The average molecular weight is 436 g/mol. The summed E-state index contributed by atoms with van der Waals surface area (Å²) in [6.07, 6.45) is 0. The summed E-state index contributed by atoms with van der Waals surface area (Å²) in [4.78, 5) is 17.2. The molecule has 0 saturated carbocycles. The number of hydrogen-bond donors (Lipinski definition) is 1. The monoisotopic (exact) mass is 435 g/mol. The largest absolute Gasteiger partial charge is 0.368 e. The number of nitrogens with one attached hydrogen (secondary N) is 1. The third-order valence-electron chi connectivity index (χ3n) is 5.03. The lowest BCUT2D eigenvalue weighted by Gasteiger charge is -2.38. The van der Waals surface area contributed by atoms with Crippen molar-refractivity contribution in [3.05, 3.63) is 59.6 Å². The fourth-order valence-electron chi connectivity index (χ4n) is 3.36. The molecule has 29 heavy (non-hydrogen) atoms. The number of rotatable bonds is 6. The fourth-order valence-corrected chi connectivity index (χ4v) is 4.90. The number of sulfonamides is 1. The van der Waals surface area contributed by atoms with E-state index in [0.29, 0.717) is 31.2 Å². The molecule has 3 rings (SSSR count). The van der Waals surface area contributed by atoms with Gasteiger partial charge in [-0.15, -0.1) is 0 Å². The molecule has 1 fully saturated rings. The lowest BCUT2D eigenvalue weighted by Crippen LogP contribution is -2.56. The van der Waals surface area contributed by atoms with Crippen LogP contribution in [0, 0.1) is 5.92 Å². The number of carbonyl (C=O) groups is 1. The van der Waals surface area contributed by atoms with Crippen LogP contribution in [-0.2, 0) is 14.8 Å². The number of amides is 1. The van der Waals surface area contributed by atoms with Crippen molar-refractivity contribution in [1.82, 2.24) is 9.62 Å². The van der Waals surface area contributed by atoms with Crippen LogP contribution in [0.4, 0.5) is 5.69 Å². The normalized spacial score (nSPS) is 16.1. The van der Waals surface area contributed by atoms with Gasteiger partial charge in [0.1, 0.15) is 6.04 Å². The van der Waals surface area contributed by atoms with Gasteiger partial charge in [0.05, 0.1) is 4.90 Å². The van der Waals surface area contributed by atoms with Crippen LogP contribution in [0.2, 0.25) is 5.02 Å². The molecule has 0 unspecified atom stereocenters. The van der Waals surface area contributed by atoms with E-state index in [9.17, 15) is 13.2 Å². The Balaban J connectivity index is 1.67. The van der Waals surface area contributed by atoms with Crippen molar-refractivity contribution in [3.8, 4) is 0 Å². The van der Waals surface area contributed by atoms with Crippen molar-refractivity contribution >= 4 is 33.2 Å². The summed E-state index contributed by atoms with van der Waals surface area (Å²) in [7, 11) is -3.77. The first-order valence-corrected chi connectivity index (χ1v) is 11.5. The standard InChI is InChI=1S/C21H26ClN3O3S/c1-16(2)20(23-29(27,28)19-9-4-3-5-10-19)21(26)25-13-11-24(12-14-25)18-8-6-7-17(22)15-18/h3-10,15-16,20,23H,11-14H2,1-2H3/t20-/m1/s1. The predicted octanol–water partition coefficient (Wildman–Crippen LogP) is 2.99. The highest BCUT2D eigenvalue weighted by atomic mass is 35.5. The van der Waals surface area contributed by atoms with Crippen molar-refractivity contribution in [2.24, 2.45) is 5.92 Å². The Labute approximate surface area is 177 Å². The highest BCUT2D eigenvalue weighted by Crippen LogP contribution is 2.21. The summed E-state index contributed by atoms with van der Waals surface area (Å²) in [5.74, 6) is -0.364. The second-order valence-electron chi connectivity index (χ2n) is 7.45. The fraction of sp³-hybridized carbons (Fsp3) is 0.381. The molecule has 1 amide bonds. The molecule has 1 aliphatic heterocycles. The number of halogens is 1. The van der Waals surface area contributed by atoms with Gasteiger partial charge in [0.25, 0.3) is 0 Å². The van der Waals surface area contributed by atoms with E-state index in [0.717, 1.165) is 5.69 Å². The highest BCUT2D eigenvalue weighted by Gasteiger charge is 2.33. The molecule has 1 heterocycles. The van der Waals surface area contributed by atoms with Gasteiger partial charge in [0, 0.05) is 36.9 Å². The molecule has 1 aliphatic rings. The Kier molecular flexibility index (Phi) is 6.82. The Morgan fingerprint density at radius 1 is 1.00 bits per heavy atom. The first-order valence-electron chi connectivity index (χ1n) is 9.64. The van der Waals surface area contributed by atoms with E-state index in [1.807, 2.05) is 38.1 Å². The number of nitrogens with zero attached hydrogens (tertiary/aromatic N) is 2. The van der Waals surface area contributed by atoms with E-state index in [-0.39, 0.29) is 16.7 Å². The second-order valence-corrected chi connectivity index (χ2v) is 9.60. The molecule has 156 valence electrons. The Hall–Kier alpha value is -2.09. The zero-order valence-electron chi connectivity index (χ0n) is 16.6. The van der Waals surface area contributed by atoms with Crippen LogP contribution in [0.25, 0.3) is 0 Å². The molecular weight excluding hydrogens is 410 g/mol. The molecule has 1 saturated heterocycles. The highest BCUT2D eigenvalue weighted by molar-refractivity contribution is 7.89. The Bertz CT molecular complexity index is 943. The summed E-state index contributed by atoms with van der Waals surface area (Å²) in [5.41, 5.74) is 1.02. The van der Waals surface area contributed by atoms with Crippen LogP contribution >= 0.6 is 11.6 Å². The molecule has 0 spiro atoms. The van der Waals surface area contributed by atoms with Gasteiger partial charge < -0.3 is 9.80 Å². The number of hydrogen-bond acceptors (Lipinski definition) is 4. The lowest BCUT2D eigenvalue weighted by molar-refractivity contribution is -0.134.